The Morgan fingerprint density at radius 1 is 1.31 bits per heavy atom. The van der Waals surface area contributed by atoms with Gasteiger partial charge in [-0.15, -0.1) is 0 Å². The maximum Gasteiger partial charge on any atom is 0.00965 e. The molecule has 2 N–H and O–H groups in total. The minimum atomic E-state index is 0.733. The summed E-state index contributed by atoms with van der Waals surface area (Å²) in [6.07, 6.45) is 4.12. The number of nitrogens with one attached hydrogen (secondary N) is 2. The monoisotopic (exact) mass is 182 g/mol. The maximum absolute atomic E-state index is 3.67. The summed E-state index contributed by atoms with van der Waals surface area (Å²) >= 11 is 0. The van der Waals surface area contributed by atoms with Crippen LogP contribution in [0.3, 0.4) is 0 Å². The van der Waals surface area contributed by atoms with Crippen LogP contribution >= 0.6 is 0 Å². The highest BCUT2D eigenvalue weighted by Crippen LogP contribution is 2.29. The molecule has 2 rings (SSSR count). The van der Waals surface area contributed by atoms with Gasteiger partial charge in [-0.25, -0.2) is 0 Å². The fourth-order valence-corrected chi connectivity index (χ4v) is 2.34. The summed E-state index contributed by atoms with van der Waals surface area (Å²) < 4.78 is 0. The van der Waals surface area contributed by atoms with Gasteiger partial charge in [0.25, 0.3) is 0 Å². The summed E-state index contributed by atoms with van der Waals surface area (Å²) in [5.74, 6) is 1.86. The first-order valence-corrected chi connectivity index (χ1v) is 5.72. The van der Waals surface area contributed by atoms with Gasteiger partial charge in [0, 0.05) is 12.1 Å². The van der Waals surface area contributed by atoms with E-state index < -0.39 is 0 Å². The molecule has 0 bridgehead atoms. The standard InChI is InChI=1S/C11H22N2/c1-8-5-11(8)13-7-10-3-4-12-9(2)6-10/h8-13H,3-7H2,1-2H3. The number of hydrogen-bond acceptors (Lipinski definition) is 2. The summed E-state index contributed by atoms with van der Waals surface area (Å²) in [5.41, 5.74) is 0. The van der Waals surface area contributed by atoms with Gasteiger partial charge in [0.05, 0.1) is 0 Å². The van der Waals surface area contributed by atoms with Crippen molar-refractivity contribution in [1.29, 1.82) is 0 Å². The average Bonchev–Trinajstić information content (AvgIpc) is 2.79. The molecule has 1 aliphatic carbocycles. The third-order valence-electron chi connectivity index (χ3n) is 3.51. The largest absolute Gasteiger partial charge is 0.314 e. The van der Waals surface area contributed by atoms with Crippen LogP contribution in [0.4, 0.5) is 0 Å². The molecular formula is C11H22N2. The topological polar surface area (TPSA) is 24.1 Å². The molecule has 2 heteroatoms. The second-order valence-electron chi connectivity index (χ2n) is 4.97. The molecule has 2 nitrogen and oxygen atoms in total. The molecule has 0 aromatic rings. The van der Waals surface area contributed by atoms with Crippen LogP contribution in [-0.2, 0) is 0 Å². The van der Waals surface area contributed by atoms with Gasteiger partial charge >= 0.3 is 0 Å². The van der Waals surface area contributed by atoms with E-state index in [1.807, 2.05) is 0 Å². The summed E-state index contributed by atoms with van der Waals surface area (Å²) in [7, 11) is 0. The normalized spacial score (nSPS) is 44.8. The van der Waals surface area contributed by atoms with E-state index >= 15 is 0 Å². The minimum Gasteiger partial charge on any atom is -0.314 e. The molecule has 2 fully saturated rings. The van der Waals surface area contributed by atoms with Crippen molar-refractivity contribution >= 4 is 0 Å². The van der Waals surface area contributed by atoms with E-state index in [4.69, 9.17) is 0 Å². The van der Waals surface area contributed by atoms with Crippen molar-refractivity contribution < 1.29 is 0 Å². The highest BCUT2D eigenvalue weighted by Gasteiger charge is 2.32. The summed E-state index contributed by atoms with van der Waals surface area (Å²) in [4.78, 5) is 0. The Morgan fingerprint density at radius 3 is 2.69 bits per heavy atom. The van der Waals surface area contributed by atoms with Crippen molar-refractivity contribution in [1.82, 2.24) is 10.6 Å². The first kappa shape index (κ1) is 9.47. The fourth-order valence-electron chi connectivity index (χ4n) is 2.34. The highest BCUT2D eigenvalue weighted by molar-refractivity contribution is 4.90. The second kappa shape index (κ2) is 3.97. The van der Waals surface area contributed by atoms with Crippen LogP contribution in [0.25, 0.3) is 0 Å². The molecule has 2 aliphatic rings. The smallest absolute Gasteiger partial charge is 0.00965 e. The Bertz CT molecular complexity index is 169. The SMILES string of the molecule is CC1CC(CNC2CC2C)CCN1. The lowest BCUT2D eigenvalue weighted by Gasteiger charge is -2.28. The van der Waals surface area contributed by atoms with E-state index in [0.29, 0.717) is 0 Å². The third kappa shape index (κ3) is 2.68. The quantitative estimate of drug-likeness (QED) is 0.689. The lowest BCUT2D eigenvalue weighted by Crippen LogP contribution is -2.39. The average molecular weight is 182 g/mol. The van der Waals surface area contributed by atoms with Crippen molar-refractivity contribution in [3.05, 3.63) is 0 Å². The van der Waals surface area contributed by atoms with Gasteiger partial charge < -0.3 is 10.6 Å². The van der Waals surface area contributed by atoms with E-state index in [1.54, 1.807) is 0 Å². The minimum absolute atomic E-state index is 0.733. The molecule has 4 atom stereocenters. The molecule has 0 aromatic carbocycles. The second-order valence-corrected chi connectivity index (χ2v) is 4.97. The molecule has 0 radical (unpaired) electrons. The van der Waals surface area contributed by atoms with Gasteiger partial charge in [0.2, 0.25) is 0 Å². The molecular weight excluding hydrogens is 160 g/mol. The Labute approximate surface area is 81.5 Å². The molecule has 1 heterocycles. The molecule has 76 valence electrons. The third-order valence-corrected chi connectivity index (χ3v) is 3.51. The van der Waals surface area contributed by atoms with E-state index in [-0.39, 0.29) is 0 Å². The van der Waals surface area contributed by atoms with E-state index in [2.05, 4.69) is 24.5 Å². The van der Waals surface area contributed by atoms with Crippen LogP contribution < -0.4 is 10.6 Å². The Hall–Kier alpha value is -0.0800. The van der Waals surface area contributed by atoms with Gasteiger partial charge in [0.1, 0.15) is 0 Å². The number of rotatable bonds is 3. The van der Waals surface area contributed by atoms with Crippen LogP contribution in [0.2, 0.25) is 0 Å². The lowest BCUT2D eigenvalue weighted by molar-refractivity contribution is 0.303. The van der Waals surface area contributed by atoms with E-state index in [1.165, 1.54) is 32.4 Å². The summed E-state index contributed by atoms with van der Waals surface area (Å²) in [6.45, 7) is 7.10. The van der Waals surface area contributed by atoms with Crippen LogP contribution in [0.5, 0.6) is 0 Å². The fraction of sp³-hybridized carbons (Fsp3) is 1.00. The maximum atomic E-state index is 3.67. The predicted octanol–water partition coefficient (Wildman–Crippen LogP) is 1.37. The van der Waals surface area contributed by atoms with Gasteiger partial charge in [-0.1, -0.05) is 6.92 Å². The molecule has 0 spiro atoms. The summed E-state index contributed by atoms with van der Waals surface area (Å²) in [6, 6.07) is 1.59. The summed E-state index contributed by atoms with van der Waals surface area (Å²) in [5, 5.41) is 7.17. The first-order valence-electron chi connectivity index (χ1n) is 5.72. The van der Waals surface area contributed by atoms with Gasteiger partial charge in [-0.05, 0) is 51.1 Å². The zero-order valence-corrected chi connectivity index (χ0v) is 8.84. The van der Waals surface area contributed by atoms with Crippen LogP contribution in [0, 0.1) is 11.8 Å². The predicted molar refractivity (Wildman–Crippen MR) is 55.8 cm³/mol. The zero-order chi connectivity index (χ0) is 9.26. The van der Waals surface area contributed by atoms with Gasteiger partial charge in [-0.2, -0.15) is 0 Å². The van der Waals surface area contributed by atoms with Crippen molar-refractivity contribution in [2.24, 2.45) is 11.8 Å². The Balaban J connectivity index is 1.63. The molecule has 13 heavy (non-hydrogen) atoms. The van der Waals surface area contributed by atoms with Crippen molar-refractivity contribution in [3.8, 4) is 0 Å². The number of hydrogen-bond donors (Lipinski definition) is 2. The van der Waals surface area contributed by atoms with Gasteiger partial charge in [0.15, 0.2) is 0 Å². The van der Waals surface area contributed by atoms with E-state index in [0.717, 1.165) is 23.9 Å². The van der Waals surface area contributed by atoms with Gasteiger partial charge in [-0.3, -0.25) is 0 Å². The van der Waals surface area contributed by atoms with Crippen LogP contribution in [-0.4, -0.2) is 25.2 Å². The Kier molecular flexibility index (Phi) is 2.89. The molecule has 1 saturated heterocycles. The van der Waals surface area contributed by atoms with E-state index in [9.17, 15) is 0 Å². The molecule has 4 unspecified atom stereocenters. The first-order chi connectivity index (χ1) is 6.25. The molecule has 0 amide bonds. The Morgan fingerprint density at radius 2 is 2.08 bits per heavy atom. The van der Waals surface area contributed by atoms with Crippen molar-refractivity contribution in [3.63, 3.8) is 0 Å². The molecule has 0 aromatic heterocycles. The lowest BCUT2D eigenvalue weighted by atomic mass is 9.93. The highest BCUT2D eigenvalue weighted by atomic mass is 15.0. The molecule has 1 aliphatic heterocycles. The van der Waals surface area contributed by atoms with Crippen molar-refractivity contribution in [2.45, 2.75) is 45.2 Å². The van der Waals surface area contributed by atoms with Crippen molar-refractivity contribution in [2.75, 3.05) is 13.1 Å². The van der Waals surface area contributed by atoms with Crippen LogP contribution in [0.15, 0.2) is 0 Å². The molecule has 1 saturated carbocycles. The zero-order valence-electron chi connectivity index (χ0n) is 8.84. The van der Waals surface area contributed by atoms with Crippen LogP contribution in [0.1, 0.15) is 33.1 Å². The number of piperidine rings is 1.